The average Bonchev–Trinajstić information content (AvgIpc) is 2.34. The Labute approximate surface area is 95.0 Å². The first-order chi connectivity index (χ1) is 8.09. The first kappa shape index (κ1) is 11.8. The summed E-state index contributed by atoms with van der Waals surface area (Å²) in [4.78, 5) is 15.7. The summed E-state index contributed by atoms with van der Waals surface area (Å²) in [7, 11) is 0. The summed E-state index contributed by atoms with van der Waals surface area (Å²) in [6.07, 6.45) is 0. The van der Waals surface area contributed by atoms with E-state index in [4.69, 9.17) is 4.74 Å². The summed E-state index contributed by atoms with van der Waals surface area (Å²) in [6, 6.07) is 0.593. The van der Waals surface area contributed by atoms with Gasteiger partial charge in [-0.05, 0) is 0 Å². The van der Waals surface area contributed by atoms with Gasteiger partial charge in [0.1, 0.15) is 0 Å². The fourth-order valence-electron chi connectivity index (χ4n) is 1.56. The molecule has 0 aliphatic carbocycles. The molecule has 0 saturated carbocycles. The summed E-state index contributed by atoms with van der Waals surface area (Å²) in [5, 5.41) is 0. The summed E-state index contributed by atoms with van der Waals surface area (Å²) in [5.41, 5.74) is -0.642. The Bertz CT molecular complexity index is 447. The molecule has 4 nitrogen and oxygen atoms in total. The molecule has 0 atom stereocenters. The molecule has 1 amide bonds. The van der Waals surface area contributed by atoms with E-state index < -0.39 is 29.2 Å². The largest absolute Gasteiger partial charge is 0.378 e. The van der Waals surface area contributed by atoms with E-state index in [1.165, 1.54) is 4.90 Å². The van der Waals surface area contributed by atoms with Crippen LogP contribution in [0.3, 0.4) is 0 Å². The van der Waals surface area contributed by atoms with Crippen LogP contribution in [-0.4, -0.2) is 42.1 Å². The van der Waals surface area contributed by atoms with E-state index >= 15 is 0 Å². The standard InChI is InChI=1S/C10H9F3N2O2/c11-7-5-6(8(12)9(13)14-7)10(16)15-1-3-17-4-2-15/h5H,1-4H2. The molecular weight excluding hydrogens is 237 g/mol. The minimum Gasteiger partial charge on any atom is -0.378 e. The second-order valence-corrected chi connectivity index (χ2v) is 3.50. The number of hydrogen-bond donors (Lipinski definition) is 0. The molecule has 1 aromatic rings. The van der Waals surface area contributed by atoms with Gasteiger partial charge in [0.2, 0.25) is 5.95 Å². The molecule has 17 heavy (non-hydrogen) atoms. The zero-order valence-electron chi connectivity index (χ0n) is 8.75. The summed E-state index contributed by atoms with van der Waals surface area (Å²) < 4.78 is 44.0. The maximum Gasteiger partial charge on any atom is 0.257 e. The highest BCUT2D eigenvalue weighted by Gasteiger charge is 2.24. The fraction of sp³-hybridized carbons (Fsp3) is 0.400. The van der Waals surface area contributed by atoms with E-state index in [1.807, 2.05) is 0 Å². The second-order valence-electron chi connectivity index (χ2n) is 3.50. The van der Waals surface area contributed by atoms with E-state index in [2.05, 4.69) is 4.98 Å². The molecule has 0 aromatic carbocycles. The third-order valence-electron chi connectivity index (χ3n) is 2.41. The van der Waals surface area contributed by atoms with E-state index in [0.717, 1.165) is 0 Å². The van der Waals surface area contributed by atoms with E-state index in [-0.39, 0.29) is 13.1 Å². The summed E-state index contributed by atoms with van der Waals surface area (Å²) >= 11 is 0. The van der Waals surface area contributed by atoms with E-state index in [0.29, 0.717) is 19.3 Å². The van der Waals surface area contributed by atoms with Crippen LogP contribution in [0.15, 0.2) is 6.07 Å². The Morgan fingerprint density at radius 1 is 1.29 bits per heavy atom. The highest BCUT2D eigenvalue weighted by atomic mass is 19.2. The molecule has 0 unspecified atom stereocenters. The zero-order chi connectivity index (χ0) is 12.4. The number of hydrogen-bond acceptors (Lipinski definition) is 3. The maximum absolute atomic E-state index is 13.3. The Hall–Kier alpha value is -1.63. The van der Waals surface area contributed by atoms with Crippen LogP contribution in [0.2, 0.25) is 0 Å². The quantitative estimate of drug-likeness (QED) is 0.693. The van der Waals surface area contributed by atoms with Gasteiger partial charge in [-0.1, -0.05) is 0 Å². The molecule has 1 aromatic heterocycles. The van der Waals surface area contributed by atoms with Gasteiger partial charge in [0.05, 0.1) is 18.8 Å². The SMILES string of the molecule is O=C(c1cc(F)nc(F)c1F)N1CCOCC1. The van der Waals surface area contributed by atoms with Gasteiger partial charge >= 0.3 is 0 Å². The van der Waals surface area contributed by atoms with E-state index in [1.54, 1.807) is 0 Å². The topological polar surface area (TPSA) is 42.4 Å². The molecule has 1 fully saturated rings. The fourth-order valence-corrected chi connectivity index (χ4v) is 1.56. The number of morpholine rings is 1. The molecule has 7 heteroatoms. The Balaban J connectivity index is 2.29. The van der Waals surface area contributed by atoms with Gasteiger partial charge in [-0.3, -0.25) is 4.79 Å². The molecule has 0 N–H and O–H groups in total. The van der Waals surface area contributed by atoms with Gasteiger partial charge in [0.25, 0.3) is 11.9 Å². The Kier molecular flexibility index (Phi) is 3.28. The van der Waals surface area contributed by atoms with Crippen molar-refractivity contribution in [1.29, 1.82) is 0 Å². The van der Waals surface area contributed by atoms with Crippen LogP contribution >= 0.6 is 0 Å². The maximum atomic E-state index is 13.3. The molecule has 0 spiro atoms. The molecule has 0 radical (unpaired) electrons. The molecule has 0 bridgehead atoms. The van der Waals surface area contributed by atoms with Crippen molar-refractivity contribution in [3.63, 3.8) is 0 Å². The smallest absolute Gasteiger partial charge is 0.257 e. The first-order valence-electron chi connectivity index (χ1n) is 4.98. The highest BCUT2D eigenvalue weighted by molar-refractivity contribution is 5.94. The predicted molar refractivity (Wildman–Crippen MR) is 50.8 cm³/mol. The minimum absolute atomic E-state index is 0.268. The lowest BCUT2D eigenvalue weighted by atomic mass is 10.2. The second kappa shape index (κ2) is 4.70. The predicted octanol–water partition coefficient (Wildman–Crippen LogP) is 0.971. The van der Waals surface area contributed by atoms with Gasteiger partial charge in [-0.25, -0.2) is 4.39 Å². The third kappa shape index (κ3) is 2.38. The number of carbonyl (C=O) groups is 1. The van der Waals surface area contributed by atoms with Crippen molar-refractivity contribution in [2.45, 2.75) is 0 Å². The first-order valence-corrected chi connectivity index (χ1v) is 4.98. The number of amides is 1. The minimum atomic E-state index is -1.61. The van der Waals surface area contributed by atoms with Crippen molar-refractivity contribution < 1.29 is 22.7 Å². The molecular formula is C10H9F3N2O2. The van der Waals surface area contributed by atoms with Crippen LogP contribution in [0.1, 0.15) is 10.4 Å². The number of rotatable bonds is 1. The van der Waals surface area contributed by atoms with Gasteiger partial charge in [-0.2, -0.15) is 13.8 Å². The Morgan fingerprint density at radius 2 is 1.94 bits per heavy atom. The molecule has 1 saturated heterocycles. The van der Waals surface area contributed by atoms with Gasteiger partial charge < -0.3 is 9.64 Å². The Morgan fingerprint density at radius 3 is 2.59 bits per heavy atom. The monoisotopic (exact) mass is 246 g/mol. The van der Waals surface area contributed by atoms with Gasteiger partial charge in [0.15, 0.2) is 5.82 Å². The molecule has 1 aliphatic heterocycles. The number of pyridine rings is 1. The average molecular weight is 246 g/mol. The lowest BCUT2D eigenvalue weighted by Crippen LogP contribution is -2.41. The molecule has 1 aliphatic rings. The van der Waals surface area contributed by atoms with Crippen molar-refractivity contribution in [3.05, 3.63) is 29.3 Å². The summed E-state index contributed by atoms with van der Waals surface area (Å²) in [6.45, 7) is 1.18. The van der Waals surface area contributed by atoms with Crippen molar-refractivity contribution >= 4 is 5.91 Å². The molecule has 2 rings (SSSR count). The van der Waals surface area contributed by atoms with Crippen LogP contribution in [0, 0.1) is 17.7 Å². The highest BCUT2D eigenvalue weighted by Crippen LogP contribution is 2.14. The number of ether oxygens (including phenoxy) is 1. The van der Waals surface area contributed by atoms with Crippen molar-refractivity contribution in [2.75, 3.05) is 26.3 Å². The van der Waals surface area contributed by atoms with E-state index in [9.17, 15) is 18.0 Å². The lowest BCUT2D eigenvalue weighted by molar-refractivity contribution is 0.0298. The number of carbonyl (C=O) groups excluding carboxylic acids is 1. The number of nitrogens with zero attached hydrogens (tertiary/aromatic N) is 2. The van der Waals surface area contributed by atoms with Gasteiger partial charge in [0, 0.05) is 19.2 Å². The van der Waals surface area contributed by atoms with Crippen LogP contribution in [-0.2, 0) is 4.74 Å². The van der Waals surface area contributed by atoms with Crippen LogP contribution in [0.5, 0.6) is 0 Å². The zero-order valence-corrected chi connectivity index (χ0v) is 8.75. The number of aromatic nitrogens is 1. The van der Waals surface area contributed by atoms with Crippen molar-refractivity contribution in [2.24, 2.45) is 0 Å². The third-order valence-corrected chi connectivity index (χ3v) is 2.41. The van der Waals surface area contributed by atoms with Crippen molar-refractivity contribution in [1.82, 2.24) is 9.88 Å². The van der Waals surface area contributed by atoms with Crippen molar-refractivity contribution in [3.8, 4) is 0 Å². The van der Waals surface area contributed by atoms with Crippen LogP contribution in [0.4, 0.5) is 13.2 Å². The molecule has 92 valence electrons. The van der Waals surface area contributed by atoms with Crippen LogP contribution in [0.25, 0.3) is 0 Å². The normalized spacial score (nSPS) is 16.1. The van der Waals surface area contributed by atoms with Crippen LogP contribution < -0.4 is 0 Å². The molecule has 2 heterocycles. The van der Waals surface area contributed by atoms with Gasteiger partial charge in [-0.15, -0.1) is 0 Å². The lowest BCUT2D eigenvalue weighted by Gasteiger charge is -2.26. The number of halogens is 3. The summed E-state index contributed by atoms with van der Waals surface area (Å²) in [5.74, 6) is -5.02.